The van der Waals surface area contributed by atoms with E-state index in [0.29, 0.717) is 24.1 Å². The van der Waals surface area contributed by atoms with Gasteiger partial charge in [0, 0.05) is 25.0 Å². The highest BCUT2D eigenvalue weighted by Crippen LogP contribution is 2.61. The van der Waals surface area contributed by atoms with Crippen molar-refractivity contribution in [3.63, 3.8) is 0 Å². The summed E-state index contributed by atoms with van der Waals surface area (Å²) in [6.07, 6.45) is 12.8. The summed E-state index contributed by atoms with van der Waals surface area (Å²) in [5.41, 5.74) is 0.945. The molecule has 0 aromatic carbocycles. The molecule has 4 aliphatic carbocycles. The molecule has 0 radical (unpaired) electrons. The lowest BCUT2D eigenvalue weighted by molar-refractivity contribution is -0.131. The maximum absolute atomic E-state index is 13.0. The van der Waals surface area contributed by atoms with Crippen molar-refractivity contribution < 1.29 is 14.0 Å². The number of hydrogen-bond acceptors (Lipinski definition) is 3. The predicted octanol–water partition coefficient (Wildman–Crippen LogP) is 3.85. The molecule has 2 heterocycles. The van der Waals surface area contributed by atoms with Crippen LogP contribution in [0.5, 0.6) is 0 Å². The number of nitrogens with zero attached hydrogens (tertiary/aromatic N) is 1. The highest BCUT2D eigenvalue weighted by atomic mass is 16.3. The van der Waals surface area contributed by atoms with E-state index in [0.717, 1.165) is 30.6 Å². The van der Waals surface area contributed by atoms with Crippen molar-refractivity contribution in [1.29, 1.82) is 0 Å². The molecule has 1 aromatic heterocycles. The summed E-state index contributed by atoms with van der Waals surface area (Å²) in [7, 11) is 0. The highest BCUT2D eigenvalue weighted by molar-refractivity contribution is 5.94. The molecule has 5 aliphatic rings. The molecular weight excluding hydrogens is 352 g/mol. The Labute approximate surface area is 167 Å². The quantitative estimate of drug-likeness (QED) is 0.858. The van der Waals surface area contributed by atoms with E-state index >= 15 is 0 Å². The standard InChI is InChI=1S/C23H32N2O3/c1-15(23-11-16-8-17(12-23)10-18(9-16)13-23)24-21(26)19-2-5-25(6-3-19)22(27)20-4-7-28-14-20/h4,7,14-19H,2-3,5-6,8-13H2,1H3,(H,24,26)/t15-,16?,17?,18?,23?/m1/s1. The first-order valence-corrected chi connectivity index (χ1v) is 11.1. The Bertz CT molecular complexity index is 698. The van der Waals surface area contributed by atoms with Crippen LogP contribution in [0.3, 0.4) is 0 Å². The molecule has 1 aliphatic heterocycles. The van der Waals surface area contributed by atoms with E-state index < -0.39 is 0 Å². The minimum absolute atomic E-state index is 0.00884. The average molecular weight is 385 g/mol. The topological polar surface area (TPSA) is 62.6 Å². The van der Waals surface area contributed by atoms with Crippen LogP contribution < -0.4 is 5.32 Å². The number of nitrogens with one attached hydrogen (secondary N) is 1. The van der Waals surface area contributed by atoms with Crippen LogP contribution in [0.1, 0.15) is 68.6 Å². The van der Waals surface area contributed by atoms with Gasteiger partial charge in [-0.3, -0.25) is 9.59 Å². The molecule has 1 aromatic rings. The van der Waals surface area contributed by atoms with Crippen LogP contribution in [0.2, 0.25) is 0 Å². The van der Waals surface area contributed by atoms with Crippen molar-refractivity contribution in [2.45, 2.75) is 64.3 Å². The van der Waals surface area contributed by atoms with Crippen LogP contribution in [0.15, 0.2) is 23.0 Å². The third kappa shape index (κ3) is 3.17. The molecule has 4 bridgehead atoms. The van der Waals surface area contributed by atoms with Crippen LogP contribution in [0.25, 0.3) is 0 Å². The zero-order valence-electron chi connectivity index (χ0n) is 16.9. The summed E-state index contributed by atoms with van der Waals surface area (Å²) < 4.78 is 5.02. The first-order chi connectivity index (χ1) is 13.5. The highest BCUT2D eigenvalue weighted by Gasteiger charge is 2.53. The van der Waals surface area contributed by atoms with Gasteiger partial charge in [0.25, 0.3) is 5.91 Å². The predicted molar refractivity (Wildman–Crippen MR) is 106 cm³/mol. The van der Waals surface area contributed by atoms with Crippen LogP contribution in [0, 0.1) is 29.1 Å². The number of carbonyl (C=O) groups is 2. The summed E-state index contributed by atoms with van der Waals surface area (Å²) in [4.78, 5) is 27.3. The molecule has 2 amide bonds. The van der Waals surface area contributed by atoms with Gasteiger partial charge in [0.05, 0.1) is 11.8 Å². The van der Waals surface area contributed by atoms with Gasteiger partial charge < -0.3 is 14.6 Å². The zero-order chi connectivity index (χ0) is 19.3. The van der Waals surface area contributed by atoms with Crippen molar-refractivity contribution in [3.8, 4) is 0 Å². The van der Waals surface area contributed by atoms with Gasteiger partial charge in [-0.2, -0.15) is 0 Å². The smallest absolute Gasteiger partial charge is 0.257 e. The molecular formula is C23H32N2O3. The molecule has 28 heavy (non-hydrogen) atoms. The van der Waals surface area contributed by atoms with E-state index in [1.54, 1.807) is 6.07 Å². The molecule has 4 saturated carbocycles. The van der Waals surface area contributed by atoms with Crippen LogP contribution in [0.4, 0.5) is 0 Å². The van der Waals surface area contributed by atoms with E-state index in [4.69, 9.17) is 4.42 Å². The van der Waals surface area contributed by atoms with Crippen molar-refractivity contribution >= 4 is 11.8 Å². The molecule has 5 nitrogen and oxygen atoms in total. The lowest BCUT2D eigenvalue weighted by Crippen LogP contribution is -2.56. The molecule has 152 valence electrons. The molecule has 1 atom stereocenters. The van der Waals surface area contributed by atoms with Crippen LogP contribution in [-0.2, 0) is 4.79 Å². The van der Waals surface area contributed by atoms with Gasteiger partial charge in [-0.15, -0.1) is 0 Å². The summed E-state index contributed by atoms with van der Waals surface area (Å²) in [5, 5.41) is 3.42. The lowest BCUT2D eigenvalue weighted by atomic mass is 9.48. The van der Waals surface area contributed by atoms with Gasteiger partial charge in [-0.1, -0.05) is 0 Å². The number of piperidine rings is 1. The Hall–Kier alpha value is -1.78. The minimum atomic E-state index is 0.00884. The van der Waals surface area contributed by atoms with E-state index in [1.807, 2.05) is 4.90 Å². The monoisotopic (exact) mass is 384 g/mol. The van der Waals surface area contributed by atoms with Crippen LogP contribution in [-0.4, -0.2) is 35.8 Å². The first kappa shape index (κ1) is 18.3. The fourth-order valence-electron chi connectivity index (χ4n) is 7.11. The van der Waals surface area contributed by atoms with Gasteiger partial charge in [-0.25, -0.2) is 0 Å². The number of carbonyl (C=O) groups excluding carboxylic acids is 2. The molecule has 0 spiro atoms. The summed E-state index contributed by atoms with van der Waals surface area (Å²) >= 11 is 0. The maximum atomic E-state index is 13.0. The van der Waals surface area contributed by atoms with Gasteiger partial charge in [0.1, 0.15) is 6.26 Å². The largest absolute Gasteiger partial charge is 0.472 e. The maximum Gasteiger partial charge on any atom is 0.257 e. The Kier molecular flexibility index (Phi) is 4.52. The Morgan fingerprint density at radius 1 is 1.11 bits per heavy atom. The summed E-state index contributed by atoms with van der Waals surface area (Å²) in [6.45, 7) is 3.55. The van der Waals surface area contributed by atoms with Crippen molar-refractivity contribution in [1.82, 2.24) is 10.2 Å². The van der Waals surface area contributed by atoms with E-state index in [1.165, 1.54) is 51.1 Å². The van der Waals surface area contributed by atoms with Crippen molar-refractivity contribution in [2.24, 2.45) is 29.1 Å². The zero-order valence-corrected chi connectivity index (χ0v) is 16.9. The number of amides is 2. The Morgan fingerprint density at radius 3 is 2.25 bits per heavy atom. The third-order valence-corrected chi connectivity index (χ3v) is 8.28. The number of furan rings is 1. The second-order valence-electron chi connectivity index (χ2n) is 10.1. The first-order valence-electron chi connectivity index (χ1n) is 11.1. The van der Waals surface area contributed by atoms with Gasteiger partial charge in [0.15, 0.2) is 0 Å². The third-order valence-electron chi connectivity index (χ3n) is 8.28. The second kappa shape index (κ2) is 6.93. The normalized spacial score (nSPS) is 35.8. The van der Waals surface area contributed by atoms with Crippen LogP contribution >= 0.6 is 0 Å². The SMILES string of the molecule is C[C@@H](NC(=O)C1CCN(C(=O)c2ccoc2)CC1)C12CC3CC(CC(C3)C1)C2. The lowest BCUT2D eigenvalue weighted by Gasteiger charge is -2.59. The van der Waals surface area contributed by atoms with Gasteiger partial charge in [-0.05, 0) is 87.5 Å². The summed E-state index contributed by atoms with van der Waals surface area (Å²) in [6, 6.07) is 1.98. The number of rotatable bonds is 4. The Morgan fingerprint density at radius 2 is 1.71 bits per heavy atom. The van der Waals surface area contributed by atoms with E-state index in [9.17, 15) is 9.59 Å². The minimum Gasteiger partial charge on any atom is -0.472 e. The molecule has 1 N–H and O–H groups in total. The Balaban J connectivity index is 1.16. The molecule has 6 rings (SSSR count). The van der Waals surface area contributed by atoms with E-state index in [2.05, 4.69) is 12.2 Å². The average Bonchev–Trinajstić information content (AvgIpc) is 3.21. The van der Waals surface area contributed by atoms with Gasteiger partial charge in [0.2, 0.25) is 5.91 Å². The van der Waals surface area contributed by atoms with E-state index in [-0.39, 0.29) is 23.8 Å². The molecule has 0 unspecified atom stereocenters. The number of likely N-dealkylation sites (tertiary alicyclic amines) is 1. The number of hydrogen-bond donors (Lipinski definition) is 1. The summed E-state index contributed by atoms with van der Waals surface area (Å²) in [5.74, 6) is 2.96. The fourth-order valence-corrected chi connectivity index (χ4v) is 7.11. The molecule has 1 saturated heterocycles. The van der Waals surface area contributed by atoms with Crippen molar-refractivity contribution in [2.75, 3.05) is 13.1 Å². The van der Waals surface area contributed by atoms with Gasteiger partial charge >= 0.3 is 0 Å². The van der Waals surface area contributed by atoms with Crippen molar-refractivity contribution in [3.05, 3.63) is 24.2 Å². The fraction of sp³-hybridized carbons (Fsp3) is 0.739. The molecule has 5 heteroatoms. The molecule has 5 fully saturated rings. The second-order valence-corrected chi connectivity index (χ2v) is 10.1.